The summed E-state index contributed by atoms with van der Waals surface area (Å²) in [5, 5.41) is 2.91. The molecule has 0 aliphatic heterocycles. The molecule has 0 spiro atoms. The molecule has 1 aromatic carbocycles. The Morgan fingerprint density at radius 1 is 1.32 bits per heavy atom. The largest absolute Gasteiger partial charge is 0.374 e. The number of nitrogens with one attached hydrogen (secondary N) is 1. The first kappa shape index (κ1) is 17.3. The van der Waals surface area contributed by atoms with Crippen LogP contribution in [0.15, 0.2) is 42.5 Å². The van der Waals surface area contributed by atoms with Crippen molar-refractivity contribution in [3.63, 3.8) is 0 Å². The van der Waals surface area contributed by atoms with Gasteiger partial charge in [-0.3, -0.25) is 4.79 Å². The van der Waals surface area contributed by atoms with E-state index in [-0.39, 0.29) is 12.0 Å². The highest BCUT2D eigenvalue weighted by Crippen LogP contribution is 2.28. The third kappa shape index (κ3) is 5.65. The standard InChI is InChI=1S/C16H18ClNO2S2/c1-20-13(14-7-8-15(17)22-14)9-18-16(19)11-21-10-12-5-3-2-4-6-12/h2-8,13H,9-11H2,1H3,(H,18,19). The van der Waals surface area contributed by atoms with Crippen molar-refractivity contribution >= 4 is 40.6 Å². The van der Waals surface area contributed by atoms with Crippen molar-refractivity contribution in [2.45, 2.75) is 11.9 Å². The first-order valence-electron chi connectivity index (χ1n) is 6.85. The number of rotatable bonds is 8. The van der Waals surface area contributed by atoms with Crippen molar-refractivity contribution in [3.05, 3.63) is 57.2 Å². The number of thiophene rings is 1. The number of methoxy groups -OCH3 is 1. The fraction of sp³-hybridized carbons (Fsp3) is 0.312. The van der Waals surface area contributed by atoms with Gasteiger partial charge in [-0.2, -0.15) is 0 Å². The van der Waals surface area contributed by atoms with Crippen molar-refractivity contribution in [2.75, 3.05) is 19.4 Å². The van der Waals surface area contributed by atoms with E-state index in [4.69, 9.17) is 16.3 Å². The average molecular weight is 356 g/mol. The van der Waals surface area contributed by atoms with Crippen LogP contribution >= 0.6 is 34.7 Å². The van der Waals surface area contributed by atoms with Crippen LogP contribution in [0.3, 0.4) is 0 Å². The van der Waals surface area contributed by atoms with Crippen molar-refractivity contribution in [1.82, 2.24) is 5.32 Å². The zero-order valence-electron chi connectivity index (χ0n) is 12.3. The van der Waals surface area contributed by atoms with Gasteiger partial charge >= 0.3 is 0 Å². The molecule has 0 saturated heterocycles. The highest BCUT2D eigenvalue weighted by molar-refractivity contribution is 7.99. The molecule has 2 rings (SSSR count). The van der Waals surface area contributed by atoms with Crippen LogP contribution < -0.4 is 5.32 Å². The summed E-state index contributed by atoms with van der Waals surface area (Å²) in [4.78, 5) is 12.9. The molecule has 0 aliphatic carbocycles. The fourth-order valence-corrected chi connectivity index (χ4v) is 3.85. The van der Waals surface area contributed by atoms with Crippen LogP contribution in [0.1, 0.15) is 16.5 Å². The molecular formula is C16H18ClNO2S2. The zero-order chi connectivity index (χ0) is 15.8. The lowest BCUT2D eigenvalue weighted by molar-refractivity contribution is -0.119. The molecule has 1 heterocycles. The van der Waals surface area contributed by atoms with Gasteiger partial charge in [-0.05, 0) is 17.7 Å². The molecule has 6 heteroatoms. The summed E-state index contributed by atoms with van der Waals surface area (Å²) in [6.07, 6.45) is -0.152. The summed E-state index contributed by atoms with van der Waals surface area (Å²) in [5.74, 6) is 1.30. The molecule has 1 N–H and O–H groups in total. The maximum absolute atomic E-state index is 11.9. The van der Waals surface area contributed by atoms with E-state index in [0.29, 0.717) is 12.3 Å². The minimum atomic E-state index is -0.152. The zero-order valence-corrected chi connectivity index (χ0v) is 14.6. The van der Waals surface area contributed by atoms with E-state index in [0.717, 1.165) is 15.0 Å². The molecule has 1 aromatic heterocycles. The first-order valence-corrected chi connectivity index (χ1v) is 9.20. The number of hydrogen-bond donors (Lipinski definition) is 1. The molecule has 1 amide bonds. The minimum Gasteiger partial charge on any atom is -0.374 e. The lowest BCUT2D eigenvalue weighted by Crippen LogP contribution is -2.30. The summed E-state index contributed by atoms with van der Waals surface area (Å²) >= 11 is 9.00. The van der Waals surface area contributed by atoms with Crippen molar-refractivity contribution in [2.24, 2.45) is 0 Å². The van der Waals surface area contributed by atoms with Crippen LogP contribution in [-0.2, 0) is 15.3 Å². The minimum absolute atomic E-state index is 0.0191. The molecular weight excluding hydrogens is 338 g/mol. The number of carbonyl (C=O) groups excluding carboxylic acids is 1. The van der Waals surface area contributed by atoms with Crippen molar-refractivity contribution in [3.8, 4) is 0 Å². The van der Waals surface area contributed by atoms with E-state index in [1.165, 1.54) is 16.9 Å². The second kappa shape index (κ2) is 9.20. The van der Waals surface area contributed by atoms with Crippen LogP contribution in [0, 0.1) is 0 Å². The second-order valence-electron chi connectivity index (χ2n) is 4.65. The van der Waals surface area contributed by atoms with E-state index >= 15 is 0 Å². The molecule has 3 nitrogen and oxygen atoms in total. The van der Waals surface area contributed by atoms with Crippen molar-refractivity contribution in [1.29, 1.82) is 0 Å². The number of carbonyl (C=O) groups is 1. The van der Waals surface area contributed by atoms with Gasteiger partial charge in [-0.1, -0.05) is 41.9 Å². The maximum atomic E-state index is 11.9. The monoisotopic (exact) mass is 355 g/mol. The smallest absolute Gasteiger partial charge is 0.230 e. The van der Waals surface area contributed by atoms with Gasteiger partial charge < -0.3 is 10.1 Å². The van der Waals surface area contributed by atoms with Gasteiger partial charge in [-0.15, -0.1) is 23.1 Å². The quantitative estimate of drug-likeness (QED) is 0.773. The maximum Gasteiger partial charge on any atom is 0.230 e. The van der Waals surface area contributed by atoms with Crippen LogP contribution in [-0.4, -0.2) is 25.3 Å². The lowest BCUT2D eigenvalue weighted by Gasteiger charge is -2.14. The lowest BCUT2D eigenvalue weighted by atomic mass is 10.2. The first-order chi connectivity index (χ1) is 10.7. The molecule has 2 aromatic rings. The Balaban J connectivity index is 1.70. The number of thioether (sulfide) groups is 1. The molecule has 1 unspecified atom stereocenters. The molecule has 0 fully saturated rings. The van der Waals surface area contributed by atoms with E-state index < -0.39 is 0 Å². The van der Waals surface area contributed by atoms with Crippen LogP contribution in [0.4, 0.5) is 0 Å². The number of benzene rings is 1. The number of ether oxygens (including phenoxy) is 1. The third-order valence-corrected chi connectivity index (χ3v) is 5.35. The van der Waals surface area contributed by atoms with Gasteiger partial charge in [0, 0.05) is 24.3 Å². The number of halogens is 1. The van der Waals surface area contributed by atoms with E-state index in [2.05, 4.69) is 17.4 Å². The fourth-order valence-electron chi connectivity index (χ4n) is 1.89. The summed E-state index contributed by atoms with van der Waals surface area (Å²) < 4.78 is 6.13. The van der Waals surface area contributed by atoms with Gasteiger partial charge in [-0.25, -0.2) is 0 Å². The number of hydrogen-bond acceptors (Lipinski definition) is 4. The van der Waals surface area contributed by atoms with Crippen LogP contribution in [0.2, 0.25) is 4.34 Å². The second-order valence-corrected chi connectivity index (χ2v) is 7.38. The Morgan fingerprint density at radius 2 is 2.09 bits per heavy atom. The summed E-state index contributed by atoms with van der Waals surface area (Å²) in [7, 11) is 1.63. The highest BCUT2D eigenvalue weighted by atomic mass is 35.5. The van der Waals surface area contributed by atoms with E-state index in [1.807, 2.05) is 30.3 Å². The Labute approximate surface area is 144 Å². The van der Waals surface area contributed by atoms with Crippen LogP contribution in [0.25, 0.3) is 0 Å². The summed E-state index contributed by atoms with van der Waals surface area (Å²) in [6, 6.07) is 13.9. The molecule has 22 heavy (non-hydrogen) atoms. The predicted molar refractivity (Wildman–Crippen MR) is 94.7 cm³/mol. The van der Waals surface area contributed by atoms with Crippen molar-refractivity contribution < 1.29 is 9.53 Å². The van der Waals surface area contributed by atoms with E-state index in [9.17, 15) is 4.79 Å². The normalized spacial score (nSPS) is 12.1. The summed E-state index contributed by atoms with van der Waals surface area (Å²) in [5.41, 5.74) is 1.23. The Bertz CT molecular complexity index is 589. The number of amides is 1. The van der Waals surface area contributed by atoms with E-state index in [1.54, 1.807) is 18.9 Å². The molecule has 0 saturated carbocycles. The van der Waals surface area contributed by atoms with Gasteiger partial charge in [0.15, 0.2) is 0 Å². The van der Waals surface area contributed by atoms with Crippen LogP contribution in [0.5, 0.6) is 0 Å². The molecule has 1 atom stereocenters. The SMILES string of the molecule is COC(CNC(=O)CSCc1ccccc1)c1ccc(Cl)s1. The van der Waals surface area contributed by atoms with Gasteiger partial charge in [0.25, 0.3) is 0 Å². The van der Waals surface area contributed by atoms with Gasteiger partial charge in [0.1, 0.15) is 6.10 Å². The Morgan fingerprint density at radius 3 is 2.73 bits per heavy atom. The third-order valence-electron chi connectivity index (χ3n) is 3.03. The Kier molecular flexibility index (Phi) is 7.25. The average Bonchev–Trinajstić information content (AvgIpc) is 2.95. The van der Waals surface area contributed by atoms with Gasteiger partial charge in [0.05, 0.1) is 10.1 Å². The van der Waals surface area contributed by atoms with Gasteiger partial charge in [0.2, 0.25) is 5.91 Å². The predicted octanol–water partition coefficient (Wildman–Crippen LogP) is 4.14. The molecule has 0 aliphatic rings. The highest BCUT2D eigenvalue weighted by Gasteiger charge is 2.14. The topological polar surface area (TPSA) is 38.3 Å². The summed E-state index contributed by atoms with van der Waals surface area (Å²) in [6.45, 7) is 0.456. The Hall–Kier alpha value is -1.01. The molecule has 118 valence electrons. The molecule has 0 radical (unpaired) electrons. The molecule has 0 bridgehead atoms.